The Morgan fingerprint density at radius 2 is 2.09 bits per heavy atom. The molecule has 0 aliphatic heterocycles. The van der Waals surface area contributed by atoms with Crippen LogP contribution >= 0.6 is 0 Å². The fourth-order valence-corrected chi connectivity index (χ4v) is 3.30. The van der Waals surface area contributed by atoms with Crippen LogP contribution in [-0.2, 0) is 14.8 Å². The first kappa shape index (κ1) is 16.4. The third-order valence-electron chi connectivity index (χ3n) is 3.32. The van der Waals surface area contributed by atoms with Gasteiger partial charge in [-0.05, 0) is 18.6 Å². The Balaban J connectivity index is 2.28. The zero-order valence-electron chi connectivity index (χ0n) is 12.2. The summed E-state index contributed by atoms with van der Waals surface area (Å²) in [5.41, 5.74) is 0.683. The zero-order valence-corrected chi connectivity index (χ0v) is 13.0. The number of sulfonamides is 1. The third-order valence-corrected chi connectivity index (χ3v) is 4.76. The maximum atomic E-state index is 12.3. The summed E-state index contributed by atoms with van der Waals surface area (Å²) in [7, 11) is -3.92. The molecular formula is C15H18N2O4S. The van der Waals surface area contributed by atoms with Crippen molar-refractivity contribution in [3.8, 4) is 0 Å². The van der Waals surface area contributed by atoms with Crippen molar-refractivity contribution in [2.24, 2.45) is 0 Å². The SMILES string of the molecule is CCCCC(NS(=O)(=O)c1cnc2ccccc2c1)C(=O)O. The molecule has 1 heterocycles. The normalized spacial score (nSPS) is 13.1. The molecule has 0 amide bonds. The Hall–Kier alpha value is -1.99. The second-order valence-electron chi connectivity index (χ2n) is 5.02. The predicted octanol–water partition coefficient (Wildman–Crippen LogP) is 2.16. The maximum Gasteiger partial charge on any atom is 0.321 e. The number of hydrogen-bond donors (Lipinski definition) is 2. The van der Waals surface area contributed by atoms with E-state index >= 15 is 0 Å². The highest BCUT2D eigenvalue weighted by atomic mass is 32.2. The van der Waals surface area contributed by atoms with E-state index in [1.165, 1.54) is 12.3 Å². The van der Waals surface area contributed by atoms with E-state index in [4.69, 9.17) is 5.11 Å². The second kappa shape index (κ2) is 6.85. The number of nitrogens with one attached hydrogen (secondary N) is 1. The molecule has 6 nitrogen and oxygen atoms in total. The van der Waals surface area contributed by atoms with Gasteiger partial charge in [-0.1, -0.05) is 38.0 Å². The van der Waals surface area contributed by atoms with Crippen LogP contribution in [-0.4, -0.2) is 30.5 Å². The first-order chi connectivity index (χ1) is 10.4. The molecule has 2 aromatic rings. The molecule has 1 aromatic carbocycles. The maximum absolute atomic E-state index is 12.3. The first-order valence-corrected chi connectivity index (χ1v) is 8.52. The minimum Gasteiger partial charge on any atom is -0.480 e. The van der Waals surface area contributed by atoms with Gasteiger partial charge in [0.1, 0.15) is 10.9 Å². The van der Waals surface area contributed by atoms with Gasteiger partial charge in [-0.25, -0.2) is 8.42 Å². The van der Waals surface area contributed by atoms with Crippen LogP contribution in [0.2, 0.25) is 0 Å². The molecule has 118 valence electrons. The lowest BCUT2D eigenvalue weighted by Crippen LogP contribution is -2.40. The zero-order chi connectivity index (χ0) is 16.2. The number of unbranched alkanes of at least 4 members (excludes halogenated alkanes) is 1. The van der Waals surface area contributed by atoms with Crippen molar-refractivity contribution >= 4 is 26.9 Å². The fourth-order valence-electron chi connectivity index (χ4n) is 2.09. The molecule has 2 N–H and O–H groups in total. The first-order valence-electron chi connectivity index (χ1n) is 7.04. The van der Waals surface area contributed by atoms with E-state index in [1.54, 1.807) is 18.2 Å². The van der Waals surface area contributed by atoms with Gasteiger partial charge in [-0.15, -0.1) is 0 Å². The molecule has 1 aromatic heterocycles. The Kier molecular flexibility index (Phi) is 5.10. The second-order valence-corrected chi connectivity index (χ2v) is 6.73. The highest BCUT2D eigenvalue weighted by Gasteiger charge is 2.25. The van der Waals surface area contributed by atoms with Crippen LogP contribution < -0.4 is 4.72 Å². The number of para-hydroxylation sites is 1. The molecule has 7 heteroatoms. The van der Waals surface area contributed by atoms with E-state index in [9.17, 15) is 13.2 Å². The van der Waals surface area contributed by atoms with E-state index < -0.39 is 22.0 Å². The summed E-state index contributed by atoms with van der Waals surface area (Å²) >= 11 is 0. The van der Waals surface area contributed by atoms with Crippen LogP contribution in [0.3, 0.4) is 0 Å². The van der Waals surface area contributed by atoms with Crippen molar-refractivity contribution in [3.05, 3.63) is 36.5 Å². The van der Waals surface area contributed by atoms with E-state index in [1.807, 2.05) is 13.0 Å². The highest BCUT2D eigenvalue weighted by Crippen LogP contribution is 2.17. The number of carboxylic acids is 1. The van der Waals surface area contributed by atoms with Gasteiger partial charge in [0.15, 0.2) is 0 Å². The van der Waals surface area contributed by atoms with Crippen molar-refractivity contribution in [2.75, 3.05) is 0 Å². The van der Waals surface area contributed by atoms with Crippen LogP contribution in [0.1, 0.15) is 26.2 Å². The molecule has 0 bridgehead atoms. The topological polar surface area (TPSA) is 96.4 Å². The molecule has 2 rings (SSSR count). The summed E-state index contributed by atoms with van der Waals surface area (Å²) in [6.07, 6.45) is 2.92. The van der Waals surface area contributed by atoms with Gasteiger partial charge in [0.05, 0.1) is 5.52 Å². The molecule has 1 atom stereocenters. The summed E-state index contributed by atoms with van der Waals surface area (Å²) in [6.45, 7) is 1.92. The minimum absolute atomic E-state index is 0.0334. The number of fused-ring (bicyclic) bond motifs is 1. The molecule has 0 aliphatic rings. The van der Waals surface area contributed by atoms with Gasteiger partial charge in [-0.3, -0.25) is 9.78 Å². The summed E-state index contributed by atoms with van der Waals surface area (Å²) in [4.78, 5) is 15.2. The number of benzene rings is 1. The van der Waals surface area contributed by atoms with Crippen molar-refractivity contribution in [1.29, 1.82) is 0 Å². The lowest BCUT2D eigenvalue weighted by atomic mass is 10.1. The number of hydrogen-bond acceptors (Lipinski definition) is 4. The van der Waals surface area contributed by atoms with Crippen LogP contribution in [0.4, 0.5) is 0 Å². The van der Waals surface area contributed by atoms with Crippen molar-refractivity contribution in [3.63, 3.8) is 0 Å². The number of carboxylic acid groups (broad SMARTS) is 1. The van der Waals surface area contributed by atoms with Crippen molar-refractivity contribution in [2.45, 2.75) is 37.1 Å². The highest BCUT2D eigenvalue weighted by molar-refractivity contribution is 7.89. The molecule has 22 heavy (non-hydrogen) atoms. The largest absolute Gasteiger partial charge is 0.480 e. The molecule has 0 saturated carbocycles. The average Bonchev–Trinajstić information content (AvgIpc) is 2.50. The van der Waals surface area contributed by atoms with Gasteiger partial charge in [-0.2, -0.15) is 4.72 Å². The van der Waals surface area contributed by atoms with Gasteiger partial charge in [0.2, 0.25) is 10.0 Å². The number of aliphatic carboxylic acids is 1. The number of carbonyl (C=O) groups is 1. The Morgan fingerprint density at radius 1 is 1.36 bits per heavy atom. The molecule has 0 fully saturated rings. The number of pyridine rings is 1. The summed E-state index contributed by atoms with van der Waals surface area (Å²) < 4.78 is 26.9. The third kappa shape index (κ3) is 3.80. The Morgan fingerprint density at radius 3 is 2.77 bits per heavy atom. The average molecular weight is 322 g/mol. The lowest BCUT2D eigenvalue weighted by molar-refractivity contribution is -0.139. The van der Waals surface area contributed by atoms with Crippen LogP contribution in [0.15, 0.2) is 41.4 Å². The number of rotatable bonds is 7. The van der Waals surface area contributed by atoms with Crippen LogP contribution in [0.25, 0.3) is 10.9 Å². The van der Waals surface area contributed by atoms with Crippen LogP contribution in [0.5, 0.6) is 0 Å². The van der Waals surface area contributed by atoms with E-state index in [2.05, 4.69) is 9.71 Å². The van der Waals surface area contributed by atoms with Crippen molar-refractivity contribution < 1.29 is 18.3 Å². The Bertz CT molecular complexity index is 774. The molecule has 0 spiro atoms. The summed E-state index contributed by atoms with van der Waals surface area (Å²) in [5.74, 6) is -1.18. The quantitative estimate of drug-likeness (QED) is 0.814. The minimum atomic E-state index is -3.92. The summed E-state index contributed by atoms with van der Waals surface area (Å²) in [5, 5.41) is 9.83. The van der Waals surface area contributed by atoms with Gasteiger partial charge in [0.25, 0.3) is 0 Å². The molecule has 1 unspecified atom stereocenters. The van der Waals surface area contributed by atoms with Crippen LogP contribution in [0, 0.1) is 0 Å². The lowest BCUT2D eigenvalue weighted by Gasteiger charge is -2.14. The van der Waals surface area contributed by atoms with Crippen molar-refractivity contribution in [1.82, 2.24) is 9.71 Å². The number of aromatic nitrogens is 1. The van der Waals surface area contributed by atoms with E-state index in [-0.39, 0.29) is 11.3 Å². The van der Waals surface area contributed by atoms with E-state index in [0.717, 1.165) is 6.42 Å². The standard InChI is InChI=1S/C15H18N2O4S/c1-2-3-7-14(15(18)19)17-22(20,21)12-9-11-6-4-5-8-13(11)16-10-12/h4-6,8-10,14,17H,2-3,7H2,1H3,(H,18,19). The molecule has 0 saturated heterocycles. The predicted molar refractivity (Wildman–Crippen MR) is 83.0 cm³/mol. The smallest absolute Gasteiger partial charge is 0.321 e. The van der Waals surface area contributed by atoms with Gasteiger partial charge < -0.3 is 5.11 Å². The monoisotopic (exact) mass is 322 g/mol. The summed E-state index contributed by atoms with van der Waals surface area (Å²) in [6, 6.07) is 7.50. The van der Waals surface area contributed by atoms with Gasteiger partial charge >= 0.3 is 5.97 Å². The van der Waals surface area contributed by atoms with E-state index in [0.29, 0.717) is 17.3 Å². The fraction of sp³-hybridized carbons (Fsp3) is 0.333. The number of nitrogens with zero attached hydrogens (tertiary/aromatic N) is 1. The Labute approximate surface area is 129 Å². The molecule has 0 aliphatic carbocycles. The molecule has 0 radical (unpaired) electrons. The molecular weight excluding hydrogens is 304 g/mol. The van der Waals surface area contributed by atoms with Gasteiger partial charge in [0, 0.05) is 11.6 Å².